The Bertz CT molecular complexity index is 683. The lowest BCUT2D eigenvalue weighted by atomic mass is 10.1. The lowest BCUT2D eigenvalue weighted by molar-refractivity contribution is 0.0587. The van der Waals surface area contributed by atoms with Gasteiger partial charge in [0.1, 0.15) is 18.2 Å². The number of likely N-dealkylation sites (tertiary alicyclic amines) is 1. The van der Waals surface area contributed by atoms with E-state index in [0.29, 0.717) is 31.1 Å². The van der Waals surface area contributed by atoms with E-state index >= 15 is 0 Å². The van der Waals surface area contributed by atoms with E-state index < -0.39 is 0 Å². The predicted octanol–water partition coefficient (Wildman–Crippen LogP) is 3.34. The van der Waals surface area contributed by atoms with Gasteiger partial charge in [-0.1, -0.05) is 13.3 Å². The molecule has 1 aliphatic heterocycles. The van der Waals surface area contributed by atoms with E-state index in [4.69, 9.17) is 9.47 Å². The molecule has 138 valence electrons. The zero-order valence-electron chi connectivity index (χ0n) is 15.1. The molecule has 6 nitrogen and oxygen atoms in total. The number of nitrogens with zero attached hydrogens (tertiary/aromatic N) is 3. The van der Waals surface area contributed by atoms with Crippen molar-refractivity contribution in [3.8, 4) is 11.6 Å². The number of hydrogen-bond acceptors (Lipinski definition) is 5. The van der Waals surface area contributed by atoms with Crippen LogP contribution in [0.3, 0.4) is 0 Å². The average molecular weight is 355 g/mol. The first kappa shape index (κ1) is 18.2. The number of aromatic nitrogens is 2. The maximum Gasteiger partial charge on any atom is 0.253 e. The van der Waals surface area contributed by atoms with Crippen molar-refractivity contribution < 1.29 is 14.3 Å². The highest BCUT2D eigenvalue weighted by Crippen LogP contribution is 2.19. The zero-order valence-corrected chi connectivity index (χ0v) is 15.1. The lowest BCUT2D eigenvalue weighted by Crippen LogP contribution is -2.41. The normalized spacial score (nSPS) is 14.9. The summed E-state index contributed by atoms with van der Waals surface area (Å²) >= 11 is 0. The van der Waals surface area contributed by atoms with Gasteiger partial charge >= 0.3 is 0 Å². The molecule has 0 N–H and O–H groups in total. The van der Waals surface area contributed by atoms with Gasteiger partial charge in [-0.25, -0.2) is 9.97 Å². The third-order valence-corrected chi connectivity index (χ3v) is 4.44. The molecule has 1 fully saturated rings. The minimum atomic E-state index is 0.0607. The molecule has 0 unspecified atom stereocenters. The molecule has 0 atom stereocenters. The molecule has 1 aromatic carbocycles. The van der Waals surface area contributed by atoms with Crippen LogP contribution in [0, 0.1) is 0 Å². The monoisotopic (exact) mass is 355 g/mol. The summed E-state index contributed by atoms with van der Waals surface area (Å²) < 4.78 is 11.5. The topological polar surface area (TPSA) is 64.5 Å². The van der Waals surface area contributed by atoms with Crippen LogP contribution in [0.5, 0.6) is 11.6 Å². The van der Waals surface area contributed by atoms with Crippen LogP contribution >= 0.6 is 0 Å². The molecule has 0 aliphatic carbocycles. The summed E-state index contributed by atoms with van der Waals surface area (Å²) in [7, 11) is 0. The Balaban J connectivity index is 1.48. The Labute approximate surface area is 154 Å². The van der Waals surface area contributed by atoms with Crippen molar-refractivity contribution in [2.75, 3.05) is 19.7 Å². The molecule has 0 spiro atoms. The van der Waals surface area contributed by atoms with Gasteiger partial charge in [0, 0.05) is 43.8 Å². The van der Waals surface area contributed by atoms with Gasteiger partial charge in [-0.3, -0.25) is 4.79 Å². The molecule has 3 rings (SSSR count). The largest absolute Gasteiger partial charge is 0.494 e. The van der Waals surface area contributed by atoms with Crippen LogP contribution in [0.15, 0.2) is 42.9 Å². The number of unbranched alkanes of at least 4 members (excludes halogenated alkanes) is 1. The Morgan fingerprint density at radius 1 is 1.19 bits per heavy atom. The summed E-state index contributed by atoms with van der Waals surface area (Å²) in [6, 6.07) is 9.17. The molecule has 1 saturated heterocycles. The van der Waals surface area contributed by atoms with E-state index in [1.54, 1.807) is 12.3 Å². The van der Waals surface area contributed by atoms with Crippen molar-refractivity contribution >= 4 is 5.91 Å². The molecular weight excluding hydrogens is 330 g/mol. The lowest BCUT2D eigenvalue weighted by Gasteiger charge is -2.32. The number of hydrogen-bond donors (Lipinski definition) is 0. The molecule has 2 heterocycles. The first-order valence-corrected chi connectivity index (χ1v) is 9.21. The second-order valence-corrected chi connectivity index (χ2v) is 6.38. The SMILES string of the molecule is CCCCOc1ccc(C(=O)N2CCC(Oc3ccncn3)CC2)cc1. The van der Waals surface area contributed by atoms with E-state index in [9.17, 15) is 4.79 Å². The van der Waals surface area contributed by atoms with Gasteiger partial charge in [-0.2, -0.15) is 0 Å². The fraction of sp³-hybridized carbons (Fsp3) is 0.450. The number of rotatable bonds is 7. The maximum absolute atomic E-state index is 12.7. The first-order valence-electron chi connectivity index (χ1n) is 9.21. The molecule has 1 aromatic heterocycles. The highest BCUT2D eigenvalue weighted by atomic mass is 16.5. The predicted molar refractivity (Wildman–Crippen MR) is 98.4 cm³/mol. The molecule has 0 saturated carbocycles. The van der Waals surface area contributed by atoms with Gasteiger partial charge in [-0.05, 0) is 30.7 Å². The third kappa shape index (κ3) is 4.94. The highest BCUT2D eigenvalue weighted by molar-refractivity contribution is 5.94. The molecule has 1 amide bonds. The molecule has 26 heavy (non-hydrogen) atoms. The van der Waals surface area contributed by atoms with Crippen LogP contribution in [0.4, 0.5) is 0 Å². The molecule has 1 aliphatic rings. The van der Waals surface area contributed by atoms with Crippen molar-refractivity contribution in [3.63, 3.8) is 0 Å². The quantitative estimate of drug-likeness (QED) is 0.713. The van der Waals surface area contributed by atoms with Crippen molar-refractivity contribution in [1.29, 1.82) is 0 Å². The summed E-state index contributed by atoms with van der Waals surface area (Å²) in [6.45, 7) is 4.21. The Kier molecular flexibility index (Phi) is 6.41. The van der Waals surface area contributed by atoms with Gasteiger partial charge < -0.3 is 14.4 Å². The van der Waals surface area contributed by atoms with Gasteiger partial charge in [0.2, 0.25) is 5.88 Å². The van der Waals surface area contributed by atoms with Crippen molar-refractivity contribution in [2.45, 2.75) is 38.7 Å². The Hall–Kier alpha value is -2.63. The van der Waals surface area contributed by atoms with Crippen molar-refractivity contribution in [2.24, 2.45) is 0 Å². The summed E-state index contributed by atoms with van der Waals surface area (Å²) in [5, 5.41) is 0. The summed E-state index contributed by atoms with van der Waals surface area (Å²) in [5.41, 5.74) is 0.697. The van der Waals surface area contributed by atoms with Gasteiger partial charge in [0.05, 0.1) is 6.61 Å². The number of amides is 1. The van der Waals surface area contributed by atoms with E-state index in [1.807, 2.05) is 29.2 Å². The number of ether oxygens (including phenoxy) is 2. The smallest absolute Gasteiger partial charge is 0.253 e. The van der Waals surface area contributed by atoms with Crippen molar-refractivity contribution in [1.82, 2.24) is 14.9 Å². The summed E-state index contributed by atoms with van der Waals surface area (Å²) in [6.07, 6.45) is 6.96. The second-order valence-electron chi connectivity index (χ2n) is 6.38. The van der Waals surface area contributed by atoms with E-state index in [-0.39, 0.29) is 12.0 Å². The minimum Gasteiger partial charge on any atom is -0.494 e. The molecular formula is C20H25N3O3. The van der Waals surface area contributed by atoms with Crippen LogP contribution < -0.4 is 9.47 Å². The van der Waals surface area contributed by atoms with Crippen LogP contribution in [-0.4, -0.2) is 46.6 Å². The average Bonchev–Trinajstić information content (AvgIpc) is 2.70. The highest BCUT2D eigenvalue weighted by Gasteiger charge is 2.25. The van der Waals surface area contributed by atoms with Crippen LogP contribution in [0.25, 0.3) is 0 Å². The number of carbonyl (C=O) groups is 1. The number of carbonyl (C=O) groups excluding carboxylic acids is 1. The van der Waals surface area contributed by atoms with Gasteiger partial charge in [0.25, 0.3) is 5.91 Å². The van der Waals surface area contributed by atoms with Crippen LogP contribution in [-0.2, 0) is 0 Å². The van der Waals surface area contributed by atoms with E-state index in [1.165, 1.54) is 6.33 Å². The maximum atomic E-state index is 12.7. The second kappa shape index (κ2) is 9.17. The zero-order chi connectivity index (χ0) is 18.2. The van der Waals surface area contributed by atoms with Gasteiger partial charge in [-0.15, -0.1) is 0 Å². The standard InChI is InChI=1S/C20H25N3O3/c1-2-3-14-25-17-6-4-16(5-7-17)20(24)23-12-9-18(10-13-23)26-19-8-11-21-15-22-19/h4-8,11,15,18H,2-3,9-10,12-14H2,1H3. The van der Waals surface area contributed by atoms with E-state index in [0.717, 1.165) is 31.4 Å². The summed E-state index contributed by atoms with van der Waals surface area (Å²) in [5.74, 6) is 1.46. The number of benzene rings is 1. The Morgan fingerprint density at radius 3 is 2.62 bits per heavy atom. The first-order chi connectivity index (χ1) is 12.8. The van der Waals surface area contributed by atoms with Crippen molar-refractivity contribution in [3.05, 3.63) is 48.4 Å². The molecule has 6 heteroatoms. The summed E-state index contributed by atoms with van der Waals surface area (Å²) in [4.78, 5) is 22.5. The van der Waals surface area contributed by atoms with Crippen LogP contribution in [0.2, 0.25) is 0 Å². The minimum absolute atomic E-state index is 0.0607. The Morgan fingerprint density at radius 2 is 1.96 bits per heavy atom. The molecule has 0 bridgehead atoms. The van der Waals surface area contributed by atoms with Gasteiger partial charge in [0.15, 0.2) is 0 Å². The number of piperidine rings is 1. The third-order valence-electron chi connectivity index (χ3n) is 4.44. The molecule has 0 radical (unpaired) electrons. The fourth-order valence-corrected chi connectivity index (χ4v) is 2.91. The molecule has 2 aromatic rings. The van der Waals surface area contributed by atoms with E-state index in [2.05, 4.69) is 16.9 Å². The van der Waals surface area contributed by atoms with Crippen LogP contribution in [0.1, 0.15) is 43.0 Å². The fourth-order valence-electron chi connectivity index (χ4n) is 2.91.